The first kappa shape index (κ1) is 21.9. The van der Waals surface area contributed by atoms with Crippen molar-refractivity contribution in [3.05, 3.63) is 104 Å². The number of rotatable bonds is 3. The van der Waals surface area contributed by atoms with Gasteiger partial charge in [-0.1, -0.05) is 76.7 Å². The molecule has 2 nitrogen and oxygen atoms in total. The lowest BCUT2D eigenvalue weighted by molar-refractivity contribution is 0.488. The van der Waals surface area contributed by atoms with Crippen molar-refractivity contribution in [2.45, 2.75) is 25.3 Å². The van der Waals surface area contributed by atoms with E-state index < -0.39 is 0 Å². The maximum atomic E-state index is 6.69. The number of hydrogen-bond donors (Lipinski definition) is 0. The predicted molar refractivity (Wildman–Crippen MR) is 137 cm³/mol. The molecule has 0 aromatic heterocycles. The van der Waals surface area contributed by atoms with Gasteiger partial charge in [-0.2, -0.15) is 5.10 Å². The van der Waals surface area contributed by atoms with E-state index in [4.69, 9.17) is 51.5 Å². The first-order chi connectivity index (χ1) is 15.5. The summed E-state index contributed by atoms with van der Waals surface area (Å²) in [5, 5.41) is 9.79. The van der Waals surface area contributed by atoms with Crippen LogP contribution in [0.15, 0.2) is 77.4 Å². The zero-order valence-corrected chi connectivity index (χ0v) is 20.1. The van der Waals surface area contributed by atoms with Crippen LogP contribution in [0.1, 0.15) is 36.4 Å². The Labute approximate surface area is 208 Å². The average Bonchev–Trinajstić information content (AvgIpc) is 3.17. The Hall–Kier alpha value is -1.97. The molecule has 3 aromatic carbocycles. The summed E-state index contributed by atoms with van der Waals surface area (Å²) < 4.78 is 0. The van der Waals surface area contributed by atoms with Crippen LogP contribution >= 0.6 is 46.4 Å². The highest BCUT2D eigenvalue weighted by molar-refractivity contribution is 6.37. The molecule has 0 N–H and O–H groups in total. The van der Waals surface area contributed by atoms with E-state index in [9.17, 15) is 0 Å². The summed E-state index contributed by atoms with van der Waals surface area (Å²) in [5.41, 5.74) is 4.96. The number of fused-ring (bicyclic) bond motifs is 1. The van der Waals surface area contributed by atoms with E-state index in [-0.39, 0.29) is 12.0 Å². The highest BCUT2D eigenvalue weighted by Gasteiger charge is 2.43. The number of allylic oxidation sites excluding steroid dienone is 1. The van der Waals surface area contributed by atoms with Gasteiger partial charge in [0.1, 0.15) is 0 Å². The van der Waals surface area contributed by atoms with Gasteiger partial charge in [0.05, 0.1) is 17.4 Å². The van der Waals surface area contributed by atoms with Gasteiger partial charge in [-0.25, -0.2) is 0 Å². The molecular weight excluding hydrogens is 482 g/mol. The van der Waals surface area contributed by atoms with E-state index in [1.807, 2.05) is 54.6 Å². The number of halogens is 4. The Morgan fingerprint density at radius 3 is 2.06 bits per heavy atom. The van der Waals surface area contributed by atoms with E-state index in [0.717, 1.165) is 47.4 Å². The van der Waals surface area contributed by atoms with Gasteiger partial charge >= 0.3 is 0 Å². The standard InChI is InChI=1S/C26H20Cl4N2/c27-20-11-5-12-21(28)19(20)15-16-7-4-10-18-25(16)31-32(17-8-2-1-3-9-17)26(18)24-22(29)13-6-14-23(24)30/h1-3,5-6,8-9,11-15,18,26H,4,7,10H2/b16-15+. The second kappa shape index (κ2) is 9.11. The number of hydrazone groups is 1. The Morgan fingerprint density at radius 2 is 1.41 bits per heavy atom. The Balaban J connectivity index is 1.66. The van der Waals surface area contributed by atoms with Crippen molar-refractivity contribution < 1.29 is 0 Å². The zero-order valence-electron chi connectivity index (χ0n) is 17.1. The molecule has 0 spiro atoms. The van der Waals surface area contributed by atoms with Gasteiger partial charge < -0.3 is 0 Å². The maximum absolute atomic E-state index is 6.69. The predicted octanol–water partition coefficient (Wildman–Crippen LogP) is 9.10. The second-order valence-corrected chi connectivity index (χ2v) is 9.68. The third kappa shape index (κ3) is 3.95. The molecule has 0 bridgehead atoms. The SMILES string of the molecule is Clc1cccc(Cl)c1/C=C1\CCCC2C1=NN(c1ccccc1)C2c1c(Cl)cccc1Cl. The fourth-order valence-electron chi connectivity index (χ4n) is 4.69. The fraction of sp³-hybridized carbons (Fsp3) is 0.192. The molecule has 1 saturated carbocycles. The van der Waals surface area contributed by atoms with Gasteiger partial charge in [0, 0.05) is 37.1 Å². The summed E-state index contributed by atoms with van der Waals surface area (Å²) in [6, 6.07) is 21.3. The third-order valence-corrected chi connectivity index (χ3v) is 7.45. The summed E-state index contributed by atoms with van der Waals surface area (Å²) in [6.45, 7) is 0. The lowest BCUT2D eigenvalue weighted by atomic mass is 9.77. The molecule has 2 aliphatic rings. The Morgan fingerprint density at radius 1 is 0.781 bits per heavy atom. The van der Waals surface area contributed by atoms with Gasteiger partial charge in [0.2, 0.25) is 0 Å². The number of para-hydroxylation sites is 1. The number of nitrogens with zero attached hydrogens (tertiary/aromatic N) is 2. The maximum Gasteiger partial charge on any atom is 0.0888 e. The molecule has 32 heavy (non-hydrogen) atoms. The smallest absolute Gasteiger partial charge is 0.0888 e. The van der Waals surface area contributed by atoms with Gasteiger partial charge in [-0.05, 0) is 67.3 Å². The Kier molecular flexibility index (Phi) is 6.22. The van der Waals surface area contributed by atoms with Gasteiger partial charge in [0.15, 0.2) is 0 Å². The van der Waals surface area contributed by atoms with Crippen LogP contribution < -0.4 is 5.01 Å². The lowest BCUT2D eigenvalue weighted by Gasteiger charge is -2.31. The largest absolute Gasteiger partial charge is 0.257 e. The molecule has 1 aliphatic carbocycles. The van der Waals surface area contributed by atoms with Crippen molar-refractivity contribution in [1.82, 2.24) is 0 Å². The first-order valence-corrected chi connectivity index (χ1v) is 12.1. The normalized spacial score (nSPS) is 21.6. The minimum Gasteiger partial charge on any atom is -0.257 e. The van der Waals surface area contributed by atoms with Crippen molar-refractivity contribution in [3.8, 4) is 0 Å². The van der Waals surface area contributed by atoms with Gasteiger partial charge in [0.25, 0.3) is 0 Å². The molecule has 0 saturated heterocycles. The number of hydrogen-bond acceptors (Lipinski definition) is 2. The average molecular weight is 502 g/mol. The quantitative estimate of drug-likeness (QED) is 0.349. The highest BCUT2D eigenvalue weighted by Crippen LogP contribution is 2.49. The molecule has 3 aromatic rings. The van der Waals surface area contributed by atoms with Crippen molar-refractivity contribution in [1.29, 1.82) is 0 Å². The summed E-state index contributed by atoms with van der Waals surface area (Å²) in [6.07, 6.45) is 5.05. The molecule has 2 atom stereocenters. The third-order valence-electron chi connectivity index (χ3n) is 6.14. The molecule has 0 radical (unpaired) electrons. The molecule has 1 heterocycles. The van der Waals surface area contributed by atoms with Crippen LogP contribution in [0.5, 0.6) is 0 Å². The van der Waals surface area contributed by atoms with Crippen LogP contribution in [0.4, 0.5) is 5.69 Å². The molecule has 2 unspecified atom stereocenters. The van der Waals surface area contributed by atoms with Gasteiger partial charge in [-0.3, -0.25) is 5.01 Å². The van der Waals surface area contributed by atoms with E-state index >= 15 is 0 Å². The second-order valence-electron chi connectivity index (χ2n) is 8.05. The van der Waals surface area contributed by atoms with Crippen LogP contribution in [0.2, 0.25) is 20.1 Å². The molecule has 5 rings (SSSR count). The van der Waals surface area contributed by atoms with E-state index in [1.54, 1.807) is 0 Å². The number of anilines is 1. The monoisotopic (exact) mass is 500 g/mol. The molecule has 0 amide bonds. The topological polar surface area (TPSA) is 15.6 Å². The summed E-state index contributed by atoms with van der Waals surface area (Å²) in [7, 11) is 0. The van der Waals surface area contributed by atoms with E-state index in [1.165, 1.54) is 0 Å². The highest BCUT2D eigenvalue weighted by atomic mass is 35.5. The van der Waals surface area contributed by atoms with Crippen molar-refractivity contribution >= 4 is 63.9 Å². The van der Waals surface area contributed by atoms with Crippen molar-refractivity contribution in [2.24, 2.45) is 11.0 Å². The summed E-state index contributed by atoms with van der Waals surface area (Å²) in [4.78, 5) is 0. The molecule has 6 heteroatoms. The first-order valence-electron chi connectivity index (χ1n) is 10.6. The van der Waals surface area contributed by atoms with Crippen molar-refractivity contribution in [2.75, 3.05) is 5.01 Å². The zero-order chi connectivity index (χ0) is 22.2. The minimum atomic E-state index is -0.0842. The minimum absolute atomic E-state index is 0.0842. The molecule has 1 aliphatic heterocycles. The van der Waals surface area contributed by atoms with Crippen LogP contribution in [0.3, 0.4) is 0 Å². The van der Waals surface area contributed by atoms with E-state index in [2.05, 4.69) is 23.2 Å². The lowest BCUT2D eigenvalue weighted by Crippen LogP contribution is -2.28. The van der Waals surface area contributed by atoms with Gasteiger partial charge in [-0.15, -0.1) is 0 Å². The molecule has 1 fully saturated rings. The van der Waals surface area contributed by atoms with E-state index in [0.29, 0.717) is 20.1 Å². The molecule has 162 valence electrons. The summed E-state index contributed by atoms with van der Waals surface area (Å²) >= 11 is 26.3. The number of benzene rings is 3. The summed E-state index contributed by atoms with van der Waals surface area (Å²) in [5.74, 6) is 0.161. The Bertz CT molecular complexity index is 1180. The van der Waals surface area contributed by atoms with Crippen molar-refractivity contribution in [3.63, 3.8) is 0 Å². The molecular formula is C26H20Cl4N2. The van der Waals surface area contributed by atoms with Crippen LogP contribution in [0.25, 0.3) is 6.08 Å². The van der Waals surface area contributed by atoms with Crippen LogP contribution in [-0.4, -0.2) is 5.71 Å². The fourth-order valence-corrected chi connectivity index (χ4v) is 5.82. The van der Waals surface area contributed by atoms with Crippen LogP contribution in [0, 0.1) is 5.92 Å². The van der Waals surface area contributed by atoms with Crippen LogP contribution in [-0.2, 0) is 0 Å².